The number of benzene rings is 1. The molecule has 6 heteroatoms. The molecule has 1 aromatic carbocycles. The number of nitrogens with one attached hydrogen (secondary N) is 1. The van der Waals surface area contributed by atoms with Crippen LogP contribution in [0.3, 0.4) is 0 Å². The quantitative estimate of drug-likeness (QED) is 0.874. The summed E-state index contributed by atoms with van der Waals surface area (Å²) in [7, 11) is 2.04. The number of rotatable bonds is 1. The second-order valence-electron chi connectivity index (χ2n) is 7.45. The normalized spacial score (nSPS) is 33.7. The zero-order chi connectivity index (χ0) is 16.3. The molecule has 4 aliphatic heterocycles. The minimum Gasteiger partial charge on any atom is -0.331 e. The monoisotopic (exact) mass is 325 g/mol. The number of hydrogen-bond acceptors (Lipinski definition) is 4. The van der Waals surface area contributed by atoms with E-state index in [1.54, 1.807) is 0 Å². The highest BCUT2D eigenvalue weighted by atomic mass is 16.7. The molecule has 1 aromatic heterocycles. The molecule has 6 nitrogen and oxygen atoms in total. The maximum Gasteiger partial charge on any atom is 0.129 e. The molecule has 6 rings (SSSR count). The molecule has 2 bridgehead atoms. The minimum absolute atomic E-state index is 0.0669. The Labute approximate surface area is 141 Å². The summed E-state index contributed by atoms with van der Waals surface area (Å²) in [6, 6.07) is 6.18. The average Bonchev–Trinajstić information content (AvgIpc) is 3.11. The number of hydrogen-bond donors (Lipinski definition) is 1. The van der Waals surface area contributed by atoms with Crippen molar-refractivity contribution < 1.29 is 4.84 Å². The molecule has 4 saturated heterocycles. The van der Waals surface area contributed by atoms with Gasteiger partial charge >= 0.3 is 0 Å². The molecule has 0 radical (unpaired) electrons. The largest absolute Gasteiger partial charge is 0.331 e. The summed E-state index contributed by atoms with van der Waals surface area (Å²) >= 11 is 0. The Kier molecular flexibility index (Phi) is 3.03. The van der Waals surface area contributed by atoms with Gasteiger partial charge < -0.3 is 9.47 Å². The van der Waals surface area contributed by atoms with E-state index >= 15 is 0 Å². The van der Waals surface area contributed by atoms with Crippen LogP contribution in [-0.2, 0) is 11.9 Å². The van der Waals surface area contributed by atoms with E-state index in [9.17, 15) is 0 Å². The van der Waals surface area contributed by atoms with Crippen LogP contribution < -0.4 is 5.48 Å². The first-order valence-corrected chi connectivity index (χ1v) is 8.80. The van der Waals surface area contributed by atoms with Gasteiger partial charge in [-0.2, -0.15) is 0 Å². The SMILES string of the molecule is Cc1nc2ccc(N=C3CC4(CN5CCC4CC5)ON3)cc2n1C. The standard InChI is InChI=1S/C18H23N5O/c1-12-19-15-4-3-14(9-16(15)22(12)2)20-17-10-18(24-21-17)11-23-7-5-13(18)6-8-23/h3-4,9,13H,5-8,10-11H2,1-2H3,(H,20,21). The van der Waals surface area contributed by atoms with Crippen LogP contribution in [0.25, 0.3) is 11.0 Å². The van der Waals surface area contributed by atoms with Gasteiger partial charge in [0.1, 0.15) is 17.3 Å². The lowest BCUT2D eigenvalue weighted by Gasteiger charge is -2.49. The lowest BCUT2D eigenvalue weighted by atomic mass is 9.74. The van der Waals surface area contributed by atoms with Gasteiger partial charge in [0.15, 0.2) is 0 Å². The van der Waals surface area contributed by atoms with Gasteiger partial charge in [-0.15, -0.1) is 0 Å². The Morgan fingerprint density at radius 3 is 2.92 bits per heavy atom. The molecule has 1 unspecified atom stereocenters. The zero-order valence-electron chi connectivity index (χ0n) is 14.2. The summed E-state index contributed by atoms with van der Waals surface area (Å²) in [6.45, 7) is 5.50. The van der Waals surface area contributed by atoms with Crippen molar-refractivity contribution in [1.29, 1.82) is 0 Å². The van der Waals surface area contributed by atoms with Gasteiger partial charge in [0.2, 0.25) is 0 Å². The smallest absolute Gasteiger partial charge is 0.129 e. The Hall–Kier alpha value is -1.92. The maximum absolute atomic E-state index is 6.08. The topological polar surface area (TPSA) is 54.7 Å². The predicted octanol–water partition coefficient (Wildman–Crippen LogP) is 2.30. The van der Waals surface area contributed by atoms with Crippen LogP contribution in [0.4, 0.5) is 5.69 Å². The van der Waals surface area contributed by atoms with Crippen LogP contribution >= 0.6 is 0 Å². The van der Waals surface area contributed by atoms with Crippen molar-refractivity contribution >= 4 is 22.6 Å². The van der Waals surface area contributed by atoms with Crippen LogP contribution in [0.1, 0.15) is 25.1 Å². The third kappa shape index (κ3) is 2.09. The molecule has 2 aromatic rings. The zero-order valence-corrected chi connectivity index (χ0v) is 14.2. The van der Waals surface area contributed by atoms with Gasteiger partial charge in [0, 0.05) is 20.0 Å². The molecule has 1 N–H and O–H groups in total. The molecule has 1 atom stereocenters. The molecule has 1 spiro atoms. The second-order valence-corrected chi connectivity index (χ2v) is 7.45. The van der Waals surface area contributed by atoms with Crippen molar-refractivity contribution in [3.63, 3.8) is 0 Å². The van der Waals surface area contributed by atoms with Crippen molar-refractivity contribution in [3.05, 3.63) is 24.0 Å². The van der Waals surface area contributed by atoms with Crippen LogP contribution in [0.2, 0.25) is 0 Å². The van der Waals surface area contributed by atoms with Gasteiger partial charge in [-0.1, -0.05) is 0 Å². The number of amidine groups is 1. The number of aromatic nitrogens is 2. The fraction of sp³-hybridized carbons (Fsp3) is 0.556. The number of piperidine rings is 3. The summed E-state index contributed by atoms with van der Waals surface area (Å²) in [4.78, 5) is 18.0. The first-order chi connectivity index (χ1) is 11.6. The van der Waals surface area contributed by atoms with E-state index in [1.807, 2.05) is 26.1 Å². The highest BCUT2D eigenvalue weighted by molar-refractivity contribution is 5.88. The number of hydroxylamine groups is 1. The molecule has 4 fully saturated rings. The molecule has 24 heavy (non-hydrogen) atoms. The van der Waals surface area contributed by atoms with E-state index < -0.39 is 0 Å². The highest BCUT2D eigenvalue weighted by Crippen LogP contribution is 2.42. The Balaban J connectivity index is 1.44. The average molecular weight is 325 g/mol. The van der Waals surface area contributed by atoms with Crippen molar-refractivity contribution in [1.82, 2.24) is 19.9 Å². The van der Waals surface area contributed by atoms with E-state index in [2.05, 4.69) is 26.0 Å². The third-order valence-corrected chi connectivity index (χ3v) is 6.01. The van der Waals surface area contributed by atoms with Crippen molar-refractivity contribution in [3.8, 4) is 0 Å². The second kappa shape index (κ2) is 5.04. The lowest BCUT2D eigenvalue weighted by molar-refractivity contribution is -0.150. The van der Waals surface area contributed by atoms with Crippen molar-refractivity contribution in [2.45, 2.75) is 31.8 Å². The van der Waals surface area contributed by atoms with E-state index in [1.165, 1.54) is 25.9 Å². The van der Waals surface area contributed by atoms with Crippen molar-refractivity contribution in [2.75, 3.05) is 19.6 Å². The molecule has 126 valence electrons. The fourth-order valence-corrected chi connectivity index (χ4v) is 4.54. The van der Waals surface area contributed by atoms with E-state index in [0.717, 1.165) is 41.3 Å². The number of fused-ring (bicyclic) bond motifs is 3. The summed E-state index contributed by atoms with van der Waals surface area (Å²) in [5.41, 5.74) is 6.14. The lowest BCUT2D eigenvalue weighted by Crippen LogP contribution is -2.59. The van der Waals surface area contributed by atoms with E-state index in [0.29, 0.717) is 5.92 Å². The number of aliphatic imine (C=N–C) groups is 1. The Morgan fingerprint density at radius 1 is 1.33 bits per heavy atom. The van der Waals surface area contributed by atoms with Crippen LogP contribution in [0.5, 0.6) is 0 Å². The summed E-state index contributed by atoms with van der Waals surface area (Å²) < 4.78 is 2.10. The third-order valence-electron chi connectivity index (χ3n) is 6.01. The molecule has 0 amide bonds. The van der Waals surface area contributed by atoms with Crippen LogP contribution in [-0.4, -0.2) is 45.5 Å². The van der Waals surface area contributed by atoms with Crippen LogP contribution in [0.15, 0.2) is 23.2 Å². The Morgan fingerprint density at radius 2 is 2.17 bits per heavy atom. The molecular formula is C18H23N5O. The fourth-order valence-electron chi connectivity index (χ4n) is 4.54. The van der Waals surface area contributed by atoms with Gasteiger partial charge in [-0.25, -0.2) is 9.98 Å². The van der Waals surface area contributed by atoms with Gasteiger partial charge in [0.05, 0.1) is 16.7 Å². The summed E-state index contributed by atoms with van der Waals surface area (Å²) in [5.74, 6) is 2.62. The Bertz CT molecular complexity index is 833. The van der Waals surface area contributed by atoms with E-state index in [4.69, 9.17) is 9.83 Å². The first kappa shape index (κ1) is 14.4. The van der Waals surface area contributed by atoms with E-state index in [-0.39, 0.29) is 5.60 Å². The van der Waals surface area contributed by atoms with Crippen molar-refractivity contribution in [2.24, 2.45) is 18.0 Å². The molecular weight excluding hydrogens is 302 g/mol. The molecule has 4 aliphatic rings. The summed E-state index contributed by atoms with van der Waals surface area (Å²) in [6.07, 6.45) is 3.38. The molecule has 5 heterocycles. The van der Waals surface area contributed by atoms with Crippen LogP contribution in [0, 0.1) is 12.8 Å². The highest BCUT2D eigenvalue weighted by Gasteiger charge is 2.52. The minimum atomic E-state index is -0.0669. The molecule has 0 saturated carbocycles. The maximum atomic E-state index is 6.08. The number of aryl methyl sites for hydroxylation is 2. The van der Waals surface area contributed by atoms with Gasteiger partial charge in [0.25, 0.3) is 0 Å². The van der Waals surface area contributed by atoms with Gasteiger partial charge in [-0.05, 0) is 57.0 Å². The number of imidazole rings is 1. The van der Waals surface area contributed by atoms with Gasteiger partial charge in [-0.3, -0.25) is 10.3 Å². The first-order valence-electron chi connectivity index (χ1n) is 8.80. The number of nitrogens with zero attached hydrogens (tertiary/aromatic N) is 4. The summed E-state index contributed by atoms with van der Waals surface area (Å²) in [5, 5.41) is 0. The predicted molar refractivity (Wildman–Crippen MR) is 93.3 cm³/mol. The molecule has 0 aliphatic carbocycles.